The van der Waals surface area contributed by atoms with E-state index in [0.29, 0.717) is 6.42 Å². The number of nitrogens with two attached hydrogens (primary N) is 1. The van der Waals surface area contributed by atoms with Crippen LogP contribution < -0.4 is 5.73 Å². The topological polar surface area (TPSA) is 105 Å². The summed E-state index contributed by atoms with van der Waals surface area (Å²) >= 11 is 0. The predicted octanol–water partition coefficient (Wildman–Crippen LogP) is 3.42. The highest BCUT2D eigenvalue weighted by Crippen LogP contribution is 2.37. The Morgan fingerprint density at radius 1 is 1.27 bits per heavy atom. The lowest BCUT2D eigenvalue weighted by Crippen LogP contribution is -2.51. The lowest BCUT2D eigenvalue weighted by Gasteiger charge is -2.39. The summed E-state index contributed by atoms with van der Waals surface area (Å²) in [5.74, 6) is -0.502. The van der Waals surface area contributed by atoms with Crippen molar-refractivity contribution in [2.24, 2.45) is 5.73 Å². The third kappa shape index (κ3) is 6.19. The highest BCUT2D eigenvalue weighted by Gasteiger charge is 2.40. The zero-order chi connectivity index (χ0) is 20.1. The summed E-state index contributed by atoms with van der Waals surface area (Å²) in [5, 5.41) is 10.7. The fourth-order valence-electron chi connectivity index (χ4n) is 2.06. The van der Waals surface area contributed by atoms with Gasteiger partial charge in [0.1, 0.15) is 6.04 Å². The molecule has 0 fully saturated rings. The smallest absolute Gasteiger partial charge is 0.325 e. The lowest BCUT2D eigenvalue weighted by atomic mass is 10.1. The Hall–Kier alpha value is -1.77. The summed E-state index contributed by atoms with van der Waals surface area (Å²) in [7, 11) is -2.02. The van der Waals surface area contributed by atoms with E-state index in [0.717, 1.165) is 5.56 Å². The number of non-ortho nitro benzene ring substituents is 1. The average molecular weight is 383 g/mol. The first-order valence-corrected chi connectivity index (χ1v) is 11.6. The normalized spacial score (nSPS) is 14.6. The van der Waals surface area contributed by atoms with Crippen LogP contribution in [0.15, 0.2) is 24.3 Å². The minimum absolute atomic E-state index is 0.0286. The molecule has 0 heterocycles. The van der Waals surface area contributed by atoms with Gasteiger partial charge in [-0.3, -0.25) is 14.9 Å². The van der Waals surface area contributed by atoms with E-state index in [9.17, 15) is 14.9 Å². The van der Waals surface area contributed by atoms with Crippen molar-refractivity contribution in [3.05, 3.63) is 39.9 Å². The van der Waals surface area contributed by atoms with Crippen molar-refractivity contribution < 1.29 is 18.9 Å². The number of ether oxygens (including phenoxy) is 1. The molecule has 2 N–H and O–H groups in total. The van der Waals surface area contributed by atoms with Crippen LogP contribution in [0.25, 0.3) is 0 Å². The number of hydrogen-bond acceptors (Lipinski definition) is 6. The molecule has 0 bridgehead atoms. The van der Waals surface area contributed by atoms with Crippen LogP contribution in [-0.2, 0) is 20.4 Å². The molecule has 1 rings (SSSR count). The second-order valence-corrected chi connectivity index (χ2v) is 12.7. The first kappa shape index (κ1) is 22.3. The number of benzene rings is 1. The maximum atomic E-state index is 12.2. The van der Waals surface area contributed by atoms with Crippen molar-refractivity contribution in [1.29, 1.82) is 0 Å². The fraction of sp³-hybridized carbons (Fsp3) is 0.611. The molecule has 26 heavy (non-hydrogen) atoms. The fourth-order valence-corrected chi connectivity index (χ4v) is 3.49. The first-order chi connectivity index (χ1) is 11.8. The number of carbonyl (C=O) groups is 1. The monoisotopic (exact) mass is 382 g/mol. The quantitative estimate of drug-likeness (QED) is 0.320. The minimum atomic E-state index is -2.02. The van der Waals surface area contributed by atoms with Crippen LogP contribution in [0.5, 0.6) is 0 Å². The number of carbonyl (C=O) groups excluding carboxylic acids is 1. The summed E-state index contributed by atoms with van der Waals surface area (Å²) in [6.07, 6.45) is 0.0382. The molecular weight excluding hydrogens is 352 g/mol. The average Bonchev–Trinajstić information content (AvgIpc) is 2.52. The molecule has 0 aliphatic rings. The minimum Gasteiger partial charge on any atom is -0.464 e. The lowest BCUT2D eigenvalue weighted by molar-refractivity contribution is -0.384. The molecule has 7 nitrogen and oxygen atoms in total. The third-order valence-electron chi connectivity index (χ3n) is 4.85. The maximum Gasteiger partial charge on any atom is 0.325 e. The van der Waals surface area contributed by atoms with Gasteiger partial charge in [-0.25, -0.2) is 0 Å². The molecule has 0 unspecified atom stereocenters. The second kappa shape index (κ2) is 8.74. The van der Waals surface area contributed by atoms with Gasteiger partial charge in [-0.15, -0.1) is 0 Å². The van der Waals surface area contributed by atoms with Gasteiger partial charge < -0.3 is 14.9 Å². The summed E-state index contributed by atoms with van der Waals surface area (Å²) in [6, 6.07) is 5.31. The molecule has 0 saturated carbocycles. The van der Waals surface area contributed by atoms with Gasteiger partial charge in [0.05, 0.1) is 17.6 Å². The van der Waals surface area contributed by atoms with Gasteiger partial charge in [-0.05, 0) is 30.6 Å². The molecule has 2 atom stereocenters. The Bertz CT molecular complexity index is 625. The SMILES string of the molecule is C[C@@H](O[Si](C)(C)C(C)(C)C)[C@H](N)C(=O)OCCc1ccc([N+](=O)[O-])cc1. The van der Waals surface area contributed by atoms with Crippen molar-refractivity contribution in [3.63, 3.8) is 0 Å². The van der Waals surface area contributed by atoms with Crippen molar-refractivity contribution >= 4 is 20.0 Å². The Morgan fingerprint density at radius 2 is 1.81 bits per heavy atom. The van der Waals surface area contributed by atoms with Crippen LogP contribution in [0.2, 0.25) is 18.1 Å². The van der Waals surface area contributed by atoms with Crippen LogP contribution in [0.3, 0.4) is 0 Å². The van der Waals surface area contributed by atoms with Crippen LogP contribution >= 0.6 is 0 Å². The Kier molecular flexibility index (Phi) is 7.49. The molecule has 1 aromatic rings. The van der Waals surface area contributed by atoms with E-state index in [1.54, 1.807) is 19.1 Å². The molecule has 0 aromatic heterocycles. The van der Waals surface area contributed by atoms with Gasteiger partial charge in [0, 0.05) is 18.6 Å². The van der Waals surface area contributed by atoms with Crippen molar-refractivity contribution in [1.82, 2.24) is 0 Å². The molecule has 0 radical (unpaired) electrons. The zero-order valence-electron chi connectivity index (χ0n) is 16.4. The number of nitro benzene ring substituents is 1. The number of nitrogens with zero attached hydrogens (tertiary/aromatic N) is 1. The highest BCUT2D eigenvalue weighted by atomic mass is 28.4. The number of hydrogen-bond donors (Lipinski definition) is 1. The summed E-state index contributed by atoms with van der Waals surface area (Å²) in [6.45, 7) is 12.5. The van der Waals surface area contributed by atoms with Crippen LogP contribution in [0.4, 0.5) is 5.69 Å². The van der Waals surface area contributed by atoms with Crippen LogP contribution in [-0.4, -0.2) is 38.0 Å². The Morgan fingerprint density at radius 3 is 2.27 bits per heavy atom. The van der Waals surface area contributed by atoms with Crippen molar-refractivity contribution in [2.75, 3.05) is 6.61 Å². The summed E-state index contributed by atoms with van der Waals surface area (Å²) in [4.78, 5) is 22.3. The van der Waals surface area contributed by atoms with E-state index < -0.39 is 31.4 Å². The van der Waals surface area contributed by atoms with E-state index in [-0.39, 0.29) is 17.3 Å². The first-order valence-electron chi connectivity index (χ1n) is 8.68. The molecule has 0 saturated heterocycles. The van der Waals surface area contributed by atoms with Crippen molar-refractivity contribution in [2.45, 2.75) is 64.4 Å². The highest BCUT2D eigenvalue weighted by molar-refractivity contribution is 6.74. The van der Waals surface area contributed by atoms with Gasteiger partial charge in [0.25, 0.3) is 5.69 Å². The molecule has 1 aromatic carbocycles. The molecule has 0 amide bonds. The number of esters is 1. The standard InChI is InChI=1S/C18H30N2O5Si/c1-13(25-26(5,6)18(2,3)4)16(19)17(21)24-12-11-14-7-9-15(10-8-14)20(22)23/h7-10,13,16H,11-12,19H2,1-6H3/t13-,16+/m1/s1. The molecule has 0 aliphatic heterocycles. The maximum absolute atomic E-state index is 12.2. The van der Waals surface area contributed by atoms with Gasteiger partial charge in [0.15, 0.2) is 8.32 Å². The molecule has 0 aliphatic carbocycles. The summed E-state index contributed by atoms with van der Waals surface area (Å²) in [5.41, 5.74) is 6.87. The van der Waals surface area contributed by atoms with E-state index in [2.05, 4.69) is 33.9 Å². The number of rotatable bonds is 8. The summed E-state index contributed by atoms with van der Waals surface area (Å²) < 4.78 is 11.4. The van der Waals surface area contributed by atoms with Crippen LogP contribution in [0, 0.1) is 10.1 Å². The number of nitro groups is 1. The van der Waals surface area contributed by atoms with E-state index in [1.165, 1.54) is 12.1 Å². The van der Waals surface area contributed by atoms with Gasteiger partial charge in [-0.1, -0.05) is 32.9 Å². The third-order valence-corrected chi connectivity index (χ3v) is 9.42. The molecular formula is C18H30N2O5Si. The van der Waals surface area contributed by atoms with E-state index >= 15 is 0 Å². The van der Waals surface area contributed by atoms with Crippen molar-refractivity contribution in [3.8, 4) is 0 Å². The zero-order valence-corrected chi connectivity index (χ0v) is 17.4. The predicted molar refractivity (Wildman–Crippen MR) is 103 cm³/mol. The Balaban J connectivity index is 2.50. The Labute approximate surface area is 156 Å². The van der Waals surface area contributed by atoms with Gasteiger partial charge >= 0.3 is 5.97 Å². The van der Waals surface area contributed by atoms with Gasteiger partial charge in [-0.2, -0.15) is 0 Å². The second-order valence-electron chi connectivity index (χ2n) is 7.95. The van der Waals surface area contributed by atoms with Gasteiger partial charge in [0.2, 0.25) is 0 Å². The molecule has 146 valence electrons. The van der Waals surface area contributed by atoms with E-state index in [1.807, 2.05) is 0 Å². The molecule has 0 spiro atoms. The molecule has 8 heteroatoms. The van der Waals surface area contributed by atoms with Crippen LogP contribution in [0.1, 0.15) is 33.3 Å². The van der Waals surface area contributed by atoms with E-state index in [4.69, 9.17) is 14.9 Å². The largest absolute Gasteiger partial charge is 0.464 e.